The number of hydrogen-bond donors (Lipinski definition) is 2. The summed E-state index contributed by atoms with van der Waals surface area (Å²) < 4.78 is 2.17. The highest BCUT2D eigenvalue weighted by Crippen LogP contribution is 2.25. The van der Waals surface area contributed by atoms with Crippen molar-refractivity contribution in [3.05, 3.63) is 29.5 Å². The zero-order valence-electron chi connectivity index (χ0n) is 11.7. The lowest BCUT2D eigenvalue weighted by Crippen LogP contribution is -2.45. The van der Waals surface area contributed by atoms with E-state index in [1.54, 1.807) is 0 Å². The van der Waals surface area contributed by atoms with Crippen molar-refractivity contribution < 1.29 is 0 Å². The van der Waals surface area contributed by atoms with E-state index in [0.717, 1.165) is 32.5 Å². The molecule has 4 nitrogen and oxygen atoms in total. The fourth-order valence-electron chi connectivity index (χ4n) is 2.91. The minimum Gasteiger partial charge on any atom is -0.312 e. The zero-order chi connectivity index (χ0) is 13.2. The Morgan fingerprint density at radius 1 is 1.37 bits per heavy atom. The predicted octanol–water partition coefficient (Wildman–Crippen LogP) is 1.99. The zero-order valence-corrected chi connectivity index (χ0v) is 11.7. The van der Waals surface area contributed by atoms with E-state index in [9.17, 15) is 0 Å². The second-order valence-corrected chi connectivity index (χ2v) is 5.28. The number of rotatable bonds is 3. The van der Waals surface area contributed by atoms with Crippen LogP contribution in [-0.2, 0) is 6.42 Å². The molecule has 1 aliphatic heterocycles. The Hall–Kier alpha value is -1.39. The monoisotopic (exact) mass is 258 g/mol. The van der Waals surface area contributed by atoms with Gasteiger partial charge in [-0.25, -0.2) is 4.68 Å². The van der Waals surface area contributed by atoms with Gasteiger partial charge in [-0.05, 0) is 25.0 Å². The quantitative estimate of drug-likeness (QED) is 0.884. The molecule has 0 spiro atoms. The molecule has 0 bridgehead atoms. The lowest BCUT2D eigenvalue weighted by atomic mass is 10.1. The van der Waals surface area contributed by atoms with Gasteiger partial charge in [-0.3, -0.25) is 5.32 Å². The molecule has 1 aromatic carbocycles. The van der Waals surface area contributed by atoms with Gasteiger partial charge in [0.15, 0.2) is 0 Å². The molecule has 102 valence electrons. The summed E-state index contributed by atoms with van der Waals surface area (Å²) in [6.45, 7) is 7.37. The van der Waals surface area contributed by atoms with Crippen molar-refractivity contribution in [2.24, 2.45) is 0 Å². The van der Waals surface area contributed by atoms with Gasteiger partial charge in [-0.2, -0.15) is 5.10 Å². The van der Waals surface area contributed by atoms with Crippen molar-refractivity contribution in [3.8, 4) is 0 Å². The molecule has 1 unspecified atom stereocenters. The molecule has 1 fully saturated rings. The van der Waals surface area contributed by atoms with Crippen LogP contribution in [0.5, 0.6) is 0 Å². The highest BCUT2D eigenvalue weighted by atomic mass is 15.4. The molecule has 2 aromatic rings. The summed E-state index contributed by atoms with van der Waals surface area (Å²) in [5.74, 6) is 0. The van der Waals surface area contributed by atoms with Crippen LogP contribution in [0.3, 0.4) is 0 Å². The number of nitrogens with zero attached hydrogens (tertiary/aromatic N) is 2. The molecule has 0 radical (unpaired) electrons. The summed E-state index contributed by atoms with van der Waals surface area (Å²) >= 11 is 0. The molecule has 0 saturated carbocycles. The summed E-state index contributed by atoms with van der Waals surface area (Å²) in [5, 5.41) is 13.2. The van der Waals surface area contributed by atoms with Crippen molar-refractivity contribution >= 4 is 10.9 Å². The Kier molecular flexibility index (Phi) is 3.53. The minimum absolute atomic E-state index is 0.267. The maximum atomic E-state index is 4.88. The largest absolute Gasteiger partial charge is 0.312 e. The summed E-state index contributed by atoms with van der Waals surface area (Å²) in [6.07, 6.45) is 2.45. The second kappa shape index (κ2) is 5.31. The summed E-state index contributed by atoms with van der Waals surface area (Å²) in [7, 11) is 0. The molecular weight excluding hydrogens is 236 g/mol. The number of fused-ring (bicyclic) bond motifs is 1. The van der Waals surface area contributed by atoms with Gasteiger partial charge in [0.2, 0.25) is 0 Å². The van der Waals surface area contributed by atoms with Gasteiger partial charge in [0.05, 0.1) is 11.2 Å². The Morgan fingerprint density at radius 3 is 3.00 bits per heavy atom. The van der Waals surface area contributed by atoms with E-state index in [1.165, 1.54) is 22.2 Å². The van der Waals surface area contributed by atoms with Gasteiger partial charge in [-0.15, -0.1) is 0 Å². The molecule has 0 amide bonds. The van der Waals surface area contributed by atoms with E-state index in [2.05, 4.69) is 47.4 Å². The van der Waals surface area contributed by atoms with Gasteiger partial charge in [-0.1, -0.05) is 25.5 Å². The lowest BCUT2D eigenvalue weighted by Gasteiger charge is -2.25. The van der Waals surface area contributed by atoms with Crippen molar-refractivity contribution in [1.82, 2.24) is 20.4 Å². The van der Waals surface area contributed by atoms with E-state index in [1.807, 2.05) is 0 Å². The van der Waals surface area contributed by atoms with Gasteiger partial charge in [0.1, 0.15) is 6.17 Å². The molecule has 4 heteroatoms. The number of aromatic nitrogens is 2. The summed E-state index contributed by atoms with van der Waals surface area (Å²) in [4.78, 5) is 0. The Balaban J connectivity index is 2.11. The number of nitrogens with one attached hydrogen (secondary N) is 2. The first kappa shape index (κ1) is 12.6. The van der Waals surface area contributed by atoms with Gasteiger partial charge >= 0.3 is 0 Å². The highest BCUT2D eigenvalue weighted by Gasteiger charge is 2.19. The standard InChI is InChI=1S/C15H22N4/c1-3-5-12-15-11(2)6-4-7-13(15)19(18-12)14-10-16-8-9-17-14/h4,6-7,14,16-17H,3,5,8-10H2,1-2H3. The first-order chi connectivity index (χ1) is 9.31. The number of hydrogen-bond acceptors (Lipinski definition) is 3. The SMILES string of the molecule is CCCc1nn(C2CNCCN2)c2cccc(C)c12. The molecule has 1 saturated heterocycles. The van der Waals surface area contributed by atoms with Crippen LogP contribution >= 0.6 is 0 Å². The fourth-order valence-corrected chi connectivity index (χ4v) is 2.91. The van der Waals surface area contributed by atoms with Crippen LogP contribution in [0.1, 0.15) is 30.8 Å². The molecule has 1 aromatic heterocycles. The van der Waals surface area contributed by atoms with E-state index in [-0.39, 0.29) is 6.17 Å². The van der Waals surface area contributed by atoms with E-state index < -0.39 is 0 Å². The summed E-state index contributed by atoms with van der Waals surface area (Å²) in [5.41, 5.74) is 3.82. The van der Waals surface area contributed by atoms with Gasteiger partial charge in [0.25, 0.3) is 0 Å². The van der Waals surface area contributed by atoms with Crippen LogP contribution in [-0.4, -0.2) is 29.4 Å². The van der Waals surface area contributed by atoms with Crippen molar-refractivity contribution in [1.29, 1.82) is 0 Å². The second-order valence-electron chi connectivity index (χ2n) is 5.28. The third-order valence-electron chi connectivity index (χ3n) is 3.82. The number of aryl methyl sites for hydroxylation is 2. The van der Waals surface area contributed by atoms with Gasteiger partial charge in [0, 0.05) is 25.0 Å². The van der Waals surface area contributed by atoms with Crippen LogP contribution in [0.4, 0.5) is 0 Å². The maximum absolute atomic E-state index is 4.88. The fraction of sp³-hybridized carbons (Fsp3) is 0.533. The summed E-state index contributed by atoms with van der Waals surface area (Å²) in [6, 6.07) is 6.49. The van der Waals surface area contributed by atoms with Crippen LogP contribution in [0, 0.1) is 6.92 Å². The Bertz CT molecular complexity index is 567. The number of piperazine rings is 1. The molecule has 1 atom stereocenters. The van der Waals surface area contributed by atoms with Crippen molar-refractivity contribution in [3.63, 3.8) is 0 Å². The highest BCUT2D eigenvalue weighted by molar-refractivity contribution is 5.85. The average molecular weight is 258 g/mol. The first-order valence-corrected chi connectivity index (χ1v) is 7.22. The van der Waals surface area contributed by atoms with Crippen LogP contribution in [0.25, 0.3) is 10.9 Å². The van der Waals surface area contributed by atoms with E-state index >= 15 is 0 Å². The molecule has 19 heavy (non-hydrogen) atoms. The van der Waals surface area contributed by atoms with Crippen molar-refractivity contribution in [2.75, 3.05) is 19.6 Å². The molecule has 2 N–H and O–H groups in total. The third kappa shape index (κ3) is 2.26. The predicted molar refractivity (Wildman–Crippen MR) is 78.4 cm³/mol. The Morgan fingerprint density at radius 2 is 2.26 bits per heavy atom. The number of benzene rings is 1. The average Bonchev–Trinajstić information content (AvgIpc) is 2.81. The van der Waals surface area contributed by atoms with Crippen LogP contribution in [0.2, 0.25) is 0 Å². The van der Waals surface area contributed by atoms with Crippen LogP contribution in [0.15, 0.2) is 18.2 Å². The van der Waals surface area contributed by atoms with E-state index in [4.69, 9.17) is 5.10 Å². The molecule has 3 rings (SSSR count). The smallest absolute Gasteiger partial charge is 0.115 e. The lowest BCUT2D eigenvalue weighted by molar-refractivity contribution is 0.321. The van der Waals surface area contributed by atoms with E-state index in [0.29, 0.717) is 0 Å². The molecule has 2 heterocycles. The van der Waals surface area contributed by atoms with Crippen LogP contribution < -0.4 is 10.6 Å². The topological polar surface area (TPSA) is 41.9 Å². The van der Waals surface area contributed by atoms with Gasteiger partial charge < -0.3 is 5.32 Å². The first-order valence-electron chi connectivity index (χ1n) is 7.22. The minimum atomic E-state index is 0.267. The molecular formula is C15H22N4. The Labute approximate surface area is 114 Å². The molecule has 1 aliphatic rings. The maximum Gasteiger partial charge on any atom is 0.115 e. The molecule has 0 aliphatic carbocycles. The normalized spacial score (nSPS) is 20.0. The van der Waals surface area contributed by atoms with Crippen molar-refractivity contribution in [2.45, 2.75) is 32.9 Å². The third-order valence-corrected chi connectivity index (χ3v) is 3.82.